The van der Waals surface area contributed by atoms with Crippen LogP contribution in [0.25, 0.3) is 0 Å². The molecule has 0 unspecified atom stereocenters. The molecule has 0 fully saturated rings. The molecule has 1 aromatic heterocycles. The Kier molecular flexibility index (Phi) is 7.54. The highest BCUT2D eigenvalue weighted by Crippen LogP contribution is 1.92. The third-order valence-electron chi connectivity index (χ3n) is 1.84. The number of ether oxygens (including phenoxy) is 1. The molecule has 5 heteroatoms. The first kappa shape index (κ1) is 15.2. The van der Waals surface area contributed by atoms with E-state index in [1.54, 1.807) is 14.0 Å². The number of hydrogen-bond acceptors (Lipinski definition) is 4. The molecule has 1 aromatic rings. The first-order valence-corrected chi connectivity index (χ1v) is 5.15. The van der Waals surface area contributed by atoms with Crippen molar-refractivity contribution in [2.45, 2.75) is 20.4 Å². The van der Waals surface area contributed by atoms with Crippen LogP contribution in [-0.2, 0) is 16.1 Å². The molecule has 0 N–H and O–H groups in total. The number of carboxylic acids is 1. The summed E-state index contributed by atoms with van der Waals surface area (Å²) in [5.74, 6) is -1.00. The van der Waals surface area contributed by atoms with E-state index < -0.39 is 5.97 Å². The predicted octanol–water partition coefficient (Wildman–Crippen LogP) is -0.421. The minimum Gasteiger partial charge on any atom is -0.550 e. The van der Waals surface area contributed by atoms with Gasteiger partial charge in [-0.1, -0.05) is 0 Å². The van der Waals surface area contributed by atoms with Crippen molar-refractivity contribution in [3.05, 3.63) is 30.1 Å². The van der Waals surface area contributed by atoms with Gasteiger partial charge in [0.05, 0.1) is 0 Å². The van der Waals surface area contributed by atoms with Gasteiger partial charge in [-0.15, -0.1) is 0 Å². The maximum Gasteiger partial charge on any atom is 0.248 e. The van der Waals surface area contributed by atoms with Gasteiger partial charge in [-0.05, 0) is 13.0 Å². The van der Waals surface area contributed by atoms with Gasteiger partial charge >= 0.3 is 0 Å². The third kappa shape index (κ3) is 7.19. The zero-order valence-corrected chi connectivity index (χ0v) is 10.3. The fraction of sp³-hybridized carbons (Fsp3) is 0.417. The van der Waals surface area contributed by atoms with E-state index in [0.29, 0.717) is 13.2 Å². The van der Waals surface area contributed by atoms with Gasteiger partial charge in [-0.2, -0.15) is 4.57 Å². The van der Waals surface area contributed by atoms with Crippen LogP contribution in [0.2, 0.25) is 0 Å². The first-order valence-electron chi connectivity index (χ1n) is 5.15. The summed E-state index contributed by atoms with van der Waals surface area (Å²) in [6, 6.07) is 5.58. The summed E-state index contributed by atoms with van der Waals surface area (Å²) in [6.45, 7) is 3.87. The van der Waals surface area contributed by atoms with Gasteiger partial charge < -0.3 is 14.6 Å². The molecule has 17 heavy (non-hydrogen) atoms. The number of nitrogens with zero attached hydrogens (tertiary/aromatic N) is 1. The average molecular weight is 239 g/mol. The number of hydrogen-bond donors (Lipinski definition) is 0. The van der Waals surface area contributed by atoms with Crippen LogP contribution in [0.1, 0.15) is 24.3 Å². The summed E-state index contributed by atoms with van der Waals surface area (Å²) in [6.07, 6.45) is 1.88. The van der Waals surface area contributed by atoms with Crippen LogP contribution in [0.5, 0.6) is 0 Å². The first-order chi connectivity index (χ1) is 7.99. The van der Waals surface area contributed by atoms with E-state index in [4.69, 9.17) is 14.6 Å². The number of rotatable bonds is 4. The van der Waals surface area contributed by atoms with Gasteiger partial charge in [0.15, 0.2) is 12.7 Å². The normalized spacial score (nSPS) is 9.12. The van der Waals surface area contributed by atoms with Crippen LogP contribution < -0.4 is 9.67 Å². The van der Waals surface area contributed by atoms with Crippen LogP contribution in [0.4, 0.5) is 0 Å². The van der Waals surface area contributed by atoms with Crippen molar-refractivity contribution in [2.75, 3.05) is 13.7 Å². The fourth-order valence-corrected chi connectivity index (χ4v) is 1.18. The standard InChI is InChI=1S/C10H14NO2.C2H4O2/c1-9(12)10-5-3-4-6-11(10)7-8-13-2;1-2(3)4/h3-6H,7-8H2,1-2H3;1H3,(H,3,4)/q+1;/p-1. The van der Waals surface area contributed by atoms with E-state index in [0.717, 1.165) is 12.6 Å². The van der Waals surface area contributed by atoms with Crippen molar-refractivity contribution in [1.82, 2.24) is 0 Å². The Morgan fingerprint density at radius 2 is 1.94 bits per heavy atom. The molecule has 1 heterocycles. The van der Waals surface area contributed by atoms with Gasteiger partial charge in [-0.25, -0.2) is 0 Å². The summed E-state index contributed by atoms with van der Waals surface area (Å²) in [5.41, 5.74) is 0.722. The number of methoxy groups -OCH3 is 1. The van der Waals surface area contributed by atoms with Crippen molar-refractivity contribution in [3.8, 4) is 0 Å². The molecule has 0 aliphatic heterocycles. The minimum atomic E-state index is -1.08. The Balaban J connectivity index is 0.000000557. The molecule has 0 aromatic carbocycles. The van der Waals surface area contributed by atoms with Gasteiger partial charge in [-0.3, -0.25) is 4.79 Å². The van der Waals surface area contributed by atoms with Gasteiger partial charge in [0, 0.05) is 32.1 Å². The number of aliphatic carboxylic acids is 1. The Hall–Kier alpha value is -1.75. The van der Waals surface area contributed by atoms with Gasteiger partial charge in [0.1, 0.15) is 6.61 Å². The van der Waals surface area contributed by atoms with Crippen molar-refractivity contribution < 1.29 is 24.0 Å². The fourth-order valence-electron chi connectivity index (χ4n) is 1.18. The summed E-state index contributed by atoms with van der Waals surface area (Å²) < 4.78 is 6.84. The molecule has 0 bridgehead atoms. The van der Waals surface area contributed by atoms with E-state index in [9.17, 15) is 4.79 Å². The van der Waals surface area contributed by atoms with Crippen molar-refractivity contribution in [2.24, 2.45) is 0 Å². The predicted molar refractivity (Wildman–Crippen MR) is 59.2 cm³/mol. The smallest absolute Gasteiger partial charge is 0.248 e. The number of carboxylic acid groups (broad SMARTS) is 1. The topological polar surface area (TPSA) is 70.3 Å². The number of aromatic nitrogens is 1. The zero-order valence-electron chi connectivity index (χ0n) is 10.3. The molecule has 0 atom stereocenters. The highest BCUT2D eigenvalue weighted by molar-refractivity contribution is 5.90. The van der Waals surface area contributed by atoms with Gasteiger partial charge in [0.2, 0.25) is 11.5 Å². The Morgan fingerprint density at radius 3 is 2.41 bits per heavy atom. The molecule has 0 aliphatic carbocycles. The molecule has 0 radical (unpaired) electrons. The lowest BCUT2D eigenvalue weighted by atomic mass is 10.2. The van der Waals surface area contributed by atoms with Gasteiger partial charge in [0.25, 0.3) is 0 Å². The number of Topliss-reactive ketones (excluding diaryl/α,β-unsaturated/α-hetero) is 1. The molecule has 0 saturated heterocycles. The minimum absolute atomic E-state index is 0.0803. The number of carbonyl (C=O) groups is 2. The zero-order chi connectivity index (χ0) is 13.3. The molecular formula is C12H17NO4. The molecule has 1 rings (SSSR count). The molecule has 0 saturated carbocycles. The highest BCUT2D eigenvalue weighted by Gasteiger charge is 2.12. The summed E-state index contributed by atoms with van der Waals surface area (Å²) in [7, 11) is 1.65. The van der Waals surface area contributed by atoms with E-state index >= 15 is 0 Å². The maximum atomic E-state index is 11.2. The number of pyridine rings is 1. The van der Waals surface area contributed by atoms with E-state index in [-0.39, 0.29) is 5.78 Å². The van der Waals surface area contributed by atoms with Crippen LogP contribution in [0, 0.1) is 0 Å². The SMILES string of the molecule is CC(=O)[O-].COCC[n+]1ccccc1C(C)=O. The second kappa shape index (κ2) is 8.41. The Morgan fingerprint density at radius 1 is 1.35 bits per heavy atom. The van der Waals surface area contributed by atoms with Crippen LogP contribution in [0.3, 0.4) is 0 Å². The molecule has 94 valence electrons. The largest absolute Gasteiger partial charge is 0.550 e. The molecule has 0 spiro atoms. The van der Waals surface area contributed by atoms with E-state index in [1.165, 1.54) is 0 Å². The lowest BCUT2D eigenvalue weighted by Crippen LogP contribution is -2.41. The maximum absolute atomic E-state index is 11.2. The lowest BCUT2D eigenvalue weighted by Gasteiger charge is -1.99. The second-order valence-electron chi connectivity index (χ2n) is 3.32. The van der Waals surface area contributed by atoms with E-state index in [2.05, 4.69) is 0 Å². The van der Waals surface area contributed by atoms with Crippen molar-refractivity contribution in [3.63, 3.8) is 0 Å². The molecular weight excluding hydrogens is 222 g/mol. The van der Waals surface area contributed by atoms with Crippen molar-refractivity contribution in [1.29, 1.82) is 0 Å². The van der Waals surface area contributed by atoms with Crippen LogP contribution in [0.15, 0.2) is 24.4 Å². The van der Waals surface area contributed by atoms with Crippen molar-refractivity contribution >= 4 is 11.8 Å². The highest BCUT2D eigenvalue weighted by atomic mass is 16.5. The Bertz CT molecular complexity index is 373. The average Bonchev–Trinajstić information content (AvgIpc) is 2.25. The van der Waals surface area contributed by atoms with E-state index in [1.807, 2.05) is 29.0 Å². The number of carbonyl (C=O) groups excluding carboxylic acids is 2. The molecule has 5 nitrogen and oxygen atoms in total. The summed E-state index contributed by atoms with van der Waals surface area (Å²) in [4.78, 5) is 20.1. The summed E-state index contributed by atoms with van der Waals surface area (Å²) >= 11 is 0. The number of ketones is 1. The monoisotopic (exact) mass is 239 g/mol. The Labute approximate surface area is 101 Å². The summed E-state index contributed by atoms with van der Waals surface area (Å²) in [5, 5.41) is 8.89. The third-order valence-corrected chi connectivity index (χ3v) is 1.84. The molecule has 0 amide bonds. The van der Waals surface area contributed by atoms with Crippen LogP contribution >= 0.6 is 0 Å². The lowest BCUT2D eigenvalue weighted by molar-refractivity contribution is -0.700. The van der Waals surface area contributed by atoms with Crippen LogP contribution in [-0.4, -0.2) is 25.5 Å². The second-order valence-corrected chi connectivity index (χ2v) is 3.32. The molecule has 0 aliphatic rings. The quantitative estimate of drug-likeness (QED) is 0.528.